The Kier molecular flexibility index (Phi) is 6.93. The summed E-state index contributed by atoms with van der Waals surface area (Å²) in [5.74, 6) is -0.0366. The van der Waals surface area contributed by atoms with Crippen molar-refractivity contribution in [2.24, 2.45) is 0 Å². The maximum Gasteiger partial charge on any atom is 0.264 e. The minimum atomic E-state index is -0.389. The van der Waals surface area contributed by atoms with Crippen LogP contribution in [0.4, 0.5) is 10.8 Å². The van der Waals surface area contributed by atoms with Crippen molar-refractivity contribution >= 4 is 57.2 Å². The fourth-order valence-electron chi connectivity index (χ4n) is 3.52. The molecule has 2 aromatic carbocycles. The highest BCUT2D eigenvalue weighted by Gasteiger charge is 2.34. The summed E-state index contributed by atoms with van der Waals surface area (Å²) < 4.78 is 5.43. The number of halogens is 2. The van der Waals surface area contributed by atoms with E-state index < -0.39 is 0 Å². The SMILES string of the molecule is CCc1ccccc1N1CC(c2nnc(NC(=O)COc3ccc(Cl)cc3Cl)s2)CC1=O. The van der Waals surface area contributed by atoms with Crippen molar-refractivity contribution in [3.05, 3.63) is 63.1 Å². The number of carbonyl (C=O) groups excluding carboxylic acids is 2. The van der Waals surface area contributed by atoms with E-state index >= 15 is 0 Å². The molecule has 1 N–H and O–H groups in total. The summed E-state index contributed by atoms with van der Waals surface area (Å²) in [6, 6.07) is 12.7. The van der Waals surface area contributed by atoms with E-state index in [-0.39, 0.29) is 24.3 Å². The number of anilines is 2. The highest BCUT2D eigenvalue weighted by Crippen LogP contribution is 2.35. The van der Waals surface area contributed by atoms with Gasteiger partial charge in [0.15, 0.2) is 6.61 Å². The van der Waals surface area contributed by atoms with Crippen LogP contribution in [0.5, 0.6) is 5.75 Å². The van der Waals surface area contributed by atoms with E-state index in [1.807, 2.05) is 29.2 Å². The molecule has 1 aromatic heterocycles. The molecule has 1 fully saturated rings. The smallest absolute Gasteiger partial charge is 0.264 e. The number of carbonyl (C=O) groups is 2. The second kappa shape index (κ2) is 9.85. The average Bonchev–Trinajstić information content (AvgIpc) is 3.39. The first-order valence-electron chi connectivity index (χ1n) is 10.0. The number of hydrogen-bond acceptors (Lipinski definition) is 6. The number of nitrogens with one attached hydrogen (secondary N) is 1. The molecule has 2 heterocycles. The van der Waals surface area contributed by atoms with E-state index in [0.29, 0.717) is 38.9 Å². The van der Waals surface area contributed by atoms with Gasteiger partial charge in [-0.1, -0.05) is 59.7 Å². The quantitative estimate of drug-likeness (QED) is 0.506. The zero-order valence-corrected chi connectivity index (χ0v) is 19.5. The van der Waals surface area contributed by atoms with Gasteiger partial charge in [-0.05, 0) is 36.2 Å². The van der Waals surface area contributed by atoms with Gasteiger partial charge in [0.25, 0.3) is 5.91 Å². The van der Waals surface area contributed by atoms with Crippen LogP contribution in [0.25, 0.3) is 0 Å². The molecule has 1 aliphatic heterocycles. The molecule has 0 spiro atoms. The van der Waals surface area contributed by atoms with Crippen LogP contribution in [0.3, 0.4) is 0 Å². The third-order valence-electron chi connectivity index (χ3n) is 5.08. The standard InChI is InChI=1S/C22H20Cl2N4O3S/c1-2-13-5-3-4-6-17(13)28-11-14(9-20(28)30)21-26-27-22(32-21)25-19(29)12-31-18-8-7-15(23)10-16(18)24/h3-8,10,14H,2,9,11-12H2,1H3,(H,25,27,29). The number of benzene rings is 2. The van der Waals surface area contributed by atoms with E-state index in [9.17, 15) is 9.59 Å². The van der Waals surface area contributed by atoms with Crippen LogP contribution < -0.4 is 15.0 Å². The van der Waals surface area contributed by atoms with Crippen molar-refractivity contribution in [2.45, 2.75) is 25.7 Å². The predicted octanol–water partition coefficient (Wildman–Crippen LogP) is 4.95. The number of aromatic nitrogens is 2. The monoisotopic (exact) mass is 490 g/mol. The lowest BCUT2D eigenvalue weighted by Crippen LogP contribution is -2.25. The molecule has 32 heavy (non-hydrogen) atoms. The van der Waals surface area contributed by atoms with Gasteiger partial charge in [0.05, 0.1) is 5.02 Å². The van der Waals surface area contributed by atoms with Gasteiger partial charge in [0.2, 0.25) is 11.0 Å². The molecule has 1 aliphatic rings. The van der Waals surface area contributed by atoms with Gasteiger partial charge in [-0.15, -0.1) is 10.2 Å². The first-order valence-corrected chi connectivity index (χ1v) is 11.6. The summed E-state index contributed by atoms with van der Waals surface area (Å²) in [7, 11) is 0. The first-order chi connectivity index (χ1) is 15.4. The molecule has 1 saturated heterocycles. The van der Waals surface area contributed by atoms with Crippen LogP contribution in [-0.2, 0) is 16.0 Å². The van der Waals surface area contributed by atoms with Gasteiger partial charge < -0.3 is 9.64 Å². The van der Waals surface area contributed by atoms with Crippen molar-refractivity contribution in [1.82, 2.24) is 10.2 Å². The van der Waals surface area contributed by atoms with Gasteiger partial charge in [-0.3, -0.25) is 14.9 Å². The molecule has 10 heteroatoms. The predicted molar refractivity (Wildman–Crippen MR) is 126 cm³/mol. The Labute approximate surface area is 199 Å². The number of amides is 2. The molecule has 0 bridgehead atoms. The van der Waals surface area contributed by atoms with Gasteiger partial charge in [-0.2, -0.15) is 0 Å². The molecule has 0 saturated carbocycles. The number of rotatable bonds is 7. The van der Waals surface area contributed by atoms with E-state index in [1.54, 1.807) is 18.2 Å². The first kappa shape index (κ1) is 22.5. The minimum absolute atomic E-state index is 0.0601. The van der Waals surface area contributed by atoms with E-state index in [1.165, 1.54) is 11.3 Å². The van der Waals surface area contributed by atoms with Crippen LogP contribution in [-0.4, -0.2) is 35.2 Å². The number of aryl methyl sites for hydroxylation is 1. The Morgan fingerprint density at radius 1 is 1.25 bits per heavy atom. The molecule has 3 aromatic rings. The van der Waals surface area contributed by atoms with Gasteiger partial charge in [0.1, 0.15) is 10.8 Å². The summed E-state index contributed by atoms with van der Waals surface area (Å²) in [5, 5.41) is 12.8. The van der Waals surface area contributed by atoms with Crippen molar-refractivity contribution in [2.75, 3.05) is 23.4 Å². The summed E-state index contributed by atoms with van der Waals surface area (Å²) in [6.07, 6.45) is 1.21. The second-order valence-corrected chi connectivity index (χ2v) is 9.10. The van der Waals surface area contributed by atoms with Crippen LogP contribution in [0, 0.1) is 0 Å². The van der Waals surface area contributed by atoms with Crippen LogP contribution >= 0.6 is 34.5 Å². The third kappa shape index (κ3) is 5.03. The van der Waals surface area contributed by atoms with Gasteiger partial charge >= 0.3 is 0 Å². The maximum atomic E-state index is 12.7. The summed E-state index contributed by atoms with van der Waals surface area (Å²) in [5.41, 5.74) is 2.08. The molecule has 166 valence electrons. The van der Waals surface area contributed by atoms with Gasteiger partial charge in [0, 0.05) is 29.6 Å². The Morgan fingerprint density at radius 2 is 2.06 bits per heavy atom. The molecule has 0 aliphatic carbocycles. The summed E-state index contributed by atoms with van der Waals surface area (Å²) >= 11 is 13.2. The Balaban J connectivity index is 1.36. The third-order valence-corrected chi connectivity index (χ3v) is 6.61. The molecule has 7 nitrogen and oxygen atoms in total. The lowest BCUT2D eigenvalue weighted by atomic mass is 10.1. The molecule has 1 unspecified atom stereocenters. The molecule has 4 rings (SSSR count). The minimum Gasteiger partial charge on any atom is -0.482 e. The highest BCUT2D eigenvalue weighted by atomic mass is 35.5. The largest absolute Gasteiger partial charge is 0.482 e. The van der Waals surface area contributed by atoms with Gasteiger partial charge in [-0.25, -0.2) is 0 Å². The molecule has 2 amide bonds. The number of nitrogens with zero attached hydrogens (tertiary/aromatic N) is 3. The van der Waals surface area contributed by atoms with E-state index in [2.05, 4.69) is 22.4 Å². The Hall–Kier alpha value is -2.68. The zero-order chi connectivity index (χ0) is 22.7. The lowest BCUT2D eigenvalue weighted by Gasteiger charge is -2.19. The van der Waals surface area contributed by atoms with E-state index in [0.717, 1.165) is 17.7 Å². The summed E-state index contributed by atoms with van der Waals surface area (Å²) in [6.45, 7) is 2.37. The van der Waals surface area contributed by atoms with Crippen molar-refractivity contribution < 1.29 is 14.3 Å². The van der Waals surface area contributed by atoms with Crippen LogP contribution in [0.1, 0.15) is 29.8 Å². The molecule has 1 atom stereocenters. The van der Waals surface area contributed by atoms with Crippen molar-refractivity contribution in [3.63, 3.8) is 0 Å². The maximum absolute atomic E-state index is 12.7. The average molecular weight is 491 g/mol. The molecular formula is C22H20Cl2N4O3S. The number of hydrogen-bond donors (Lipinski definition) is 1. The topological polar surface area (TPSA) is 84.4 Å². The fraction of sp³-hybridized carbons (Fsp3) is 0.273. The van der Waals surface area contributed by atoms with Crippen LogP contribution in [0.2, 0.25) is 10.0 Å². The summed E-state index contributed by atoms with van der Waals surface area (Å²) in [4.78, 5) is 26.7. The fourth-order valence-corrected chi connectivity index (χ4v) is 4.83. The van der Waals surface area contributed by atoms with Crippen molar-refractivity contribution in [3.8, 4) is 5.75 Å². The highest BCUT2D eigenvalue weighted by molar-refractivity contribution is 7.15. The van der Waals surface area contributed by atoms with Crippen molar-refractivity contribution in [1.29, 1.82) is 0 Å². The number of ether oxygens (including phenoxy) is 1. The number of para-hydroxylation sites is 1. The van der Waals surface area contributed by atoms with E-state index in [4.69, 9.17) is 27.9 Å². The molecule has 0 radical (unpaired) electrons. The Morgan fingerprint density at radius 3 is 2.84 bits per heavy atom. The zero-order valence-electron chi connectivity index (χ0n) is 17.2. The molecular weight excluding hydrogens is 471 g/mol. The normalized spacial score (nSPS) is 15.8. The lowest BCUT2D eigenvalue weighted by molar-refractivity contribution is -0.118. The van der Waals surface area contributed by atoms with Crippen LogP contribution in [0.15, 0.2) is 42.5 Å². The Bertz CT molecular complexity index is 1150. The second-order valence-electron chi connectivity index (χ2n) is 7.24.